The molecule has 0 heterocycles. The van der Waals surface area contributed by atoms with Crippen LogP contribution in [0.5, 0.6) is 0 Å². The molecule has 0 N–H and O–H groups in total. The molecule has 0 amide bonds. The van der Waals surface area contributed by atoms with Gasteiger partial charge in [-0.2, -0.15) is 0 Å². The molecule has 0 aromatic carbocycles. The number of hydrogen-bond donors (Lipinski definition) is 0. The fraction of sp³-hybridized carbons (Fsp3) is 0. The summed E-state index contributed by atoms with van der Waals surface area (Å²) in [6.45, 7) is 0. The molecule has 0 aliphatic carbocycles. The van der Waals surface area contributed by atoms with Gasteiger partial charge in [0.25, 0.3) is 0 Å². The number of rotatable bonds is 0. The predicted octanol–water partition coefficient (Wildman–Crippen LogP) is 0.458. The molecule has 4 heavy (non-hydrogen) atoms. The Morgan fingerprint density at radius 1 is 0.500 bits per heavy atom. The first kappa shape index (κ1) is 77.6. The van der Waals surface area contributed by atoms with Gasteiger partial charge in [-0.05, 0) is 0 Å². The Labute approximate surface area is 50.9 Å². The van der Waals surface area contributed by atoms with Crippen molar-refractivity contribution in [2.45, 2.75) is 0 Å². The Morgan fingerprint density at radius 3 is 0.500 bits per heavy atom. The topological polar surface area (TPSA) is 0 Å². The van der Waals surface area contributed by atoms with Crippen molar-refractivity contribution in [1.29, 1.82) is 0 Å². The Kier molecular flexibility index (Phi) is 681. The van der Waals surface area contributed by atoms with Crippen LogP contribution in [0, 0.1) is 36.9 Å². The minimum atomic E-state index is 0. The standard InChI is InChI=1S/3FH.Tm/h3*1H;. The van der Waals surface area contributed by atoms with Gasteiger partial charge in [0.2, 0.25) is 0 Å². The molecule has 0 unspecified atom stereocenters. The zero-order valence-corrected chi connectivity index (χ0v) is 3.28. The maximum absolute atomic E-state index is 0. The van der Waals surface area contributed by atoms with Crippen molar-refractivity contribution < 1.29 is 51.0 Å². The zero-order valence-electron chi connectivity index (χ0n) is 1.50. The summed E-state index contributed by atoms with van der Waals surface area (Å²) >= 11 is 0. The fourth-order valence-electron chi connectivity index (χ4n) is 0. The molecule has 0 aromatic heterocycles. The molecular weight excluding hydrogens is 226 g/mol. The summed E-state index contributed by atoms with van der Waals surface area (Å²) in [5, 5.41) is 0. The normalized spacial score (nSPS) is 0. The first-order chi connectivity index (χ1) is 0. The Bertz CT molecular complexity index is 3.25. The quantitative estimate of drug-likeness (QED) is 0.566. The van der Waals surface area contributed by atoms with E-state index in [9.17, 15) is 0 Å². The fourth-order valence-corrected chi connectivity index (χ4v) is 0. The van der Waals surface area contributed by atoms with E-state index >= 15 is 0 Å². The maximum atomic E-state index is 0. The molecule has 0 aromatic rings. The molecule has 0 saturated carbocycles. The van der Waals surface area contributed by atoms with Gasteiger partial charge in [-0.25, -0.2) is 0 Å². The summed E-state index contributed by atoms with van der Waals surface area (Å²) in [7, 11) is 0. The minimum absolute atomic E-state index is 0. The zero-order chi connectivity index (χ0) is 0. The summed E-state index contributed by atoms with van der Waals surface area (Å²) in [6.07, 6.45) is 0. The van der Waals surface area contributed by atoms with Gasteiger partial charge in [0.15, 0.2) is 0 Å². The molecule has 0 fully saturated rings. The molecule has 37 valence electrons. The third-order valence-corrected chi connectivity index (χ3v) is 0. The van der Waals surface area contributed by atoms with E-state index in [2.05, 4.69) is 0 Å². The molecule has 0 aliphatic rings. The average molecular weight is 229 g/mol. The minimum Gasteiger partial charge on any atom is -0.269 e. The summed E-state index contributed by atoms with van der Waals surface area (Å²) in [6, 6.07) is 0. The largest absolute Gasteiger partial charge is 0.269 e. The van der Waals surface area contributed by atoms with Gasteiger partial charge >= 0.3 is 0 Å². The van der Waals surface area contributed by atoms with Gasteiger partial charge in [-0.1, -0.05) is 0 Å². The van der Waals surface area contributed by atoms with Crippen LogP contribution in [0.2, 0.25) is 0 Å². The van der Waals surface area contributed by atoms with E-state index in [4.69, 9.17) is 0 Å². The molecule has 1 radical (unpaired) electrons. The Hall–Kier alpha value is 1.02. The molecule has 0 rings (SSSR count). The third-order valence-electron chi connectivity index (χ3n) is 0. The number of halogens is 3. The average Bonchev–Trinajstić information content (AvgIpc) is 0. The second-order valence-electron chi connectivity index (χ2n) is 0. The van der Waals surface area contributed by atoms with Crippen molar-refractivity contribution in [3.8, 4) is 0 Å². The van der Waals surface area contributed by atoms with E-state index in [1.807, 2.05) is 0 Å². The van der Waals surface area contributed by atoms with Crippen LogP contribution in [-0.4, -0.2) is 0 Å². The summed E-state index contributed by atoms with van der Waals surface area (Å²) in [5.41, 5.74) is 0. The third kappa shape index (κ3) is 11.8. The smallest absolute Gasteiger partial charge is 0 e. The molecule has 0 saturated heterocycles. The van der Waals surface area contributed by atoms with Crippen molar-refractivity contribution in [3.63, 3.8) is 0 Å². The van der Waals surface area contributed by atoms with Gasteiger partial charge < -0.3 is 0 Å². The van der Waals surface area contributed by atoms with Crippen molar-refractivity contribution >= 4 is 0 Å². The SMILES string of the molecule is F.F.F.[Tm]. The van der Waals surface area contributed by atoms with Crippen molar-refractivity contribution in [3.05, 3.63) is 0 Å². The first-order valence-electron chi connectivity index (χ1n) is 0. The van der Waals surface area contributed by atoms with E-state index in [1.165, 1.54) is 0 Å². The summed E-state index contributed by atoms with van der Waals surface area (Å²) in [4.78, 5) is 0. The molecule has 0 spiro atoms. The molecule has 4 heteroatoms. The van der Waals surface area contributed by atoms with E-state index in [1.54, 1.807) is 0 Å². The van der Waals surface area contributed by atoms with Crippen LogP contribution >= 0.6 is 0 Å². The summed E-state index contributed by atoms with van der Waals surface area (Å²) in [5.74, 6) is 0. The van der Waals surface area contributed by atoms with Crippen molar-refractivity contribution in [2.75, 3.05) is 0 Å². The van der Waals surface area contributed by atoms with E-state index < -0.39 is 0 Å². The molecule has 0 atom stereocenters. The van der Waals surface area contributed by atoms with Crippen LogP contribution in [-0.2, 0) is 0 Å². The summed E-state index contributed by atoms with van der Waals surface area (Å²) < 4.78 is 0. The number of hydrogen-bond acceptors (Lipinski definition) is 0. The second kappa shape index (κ2) is 35.1. The van der Waals surface area contributed by atoms with Crippen molar-refractivity contribution in [1.82, 2.24) is 0 Å². The predicted molar refractivity (Wildman–Crippen MR) is 7.51 cm³/mol. The van der Waals surface area contributed by atoms with Gasteiger partial charge in [-0.3, -0.25) is 14.1 Å². The van der Waals surface area contributed by atoms with Gasteiger partial charge in [0, 0.05) is 36.9 Å². The van der Waals surface area contributed by atoms with Crippen LogP contribution in [0.1, 0.15) is 0 Å². The monoisotopic (exact) mass is 229 g/mol. The van der Waals surface area contributed by atoms with Gasteiger partial charge in [-0.15, -0.1) is 0 Å². The molecule has 0 aliphatic heterocycles. The van der Waals surface area contributed by atoms with Crippen LogP contribution in [0.25, 0.3) is 0 Å². The Morgan fingerprint density at radius 2 is 0.500 bits per heavy atom. The van der Waals surface area contributed by atoms with Crippen LogP contribution in [0.3, 0.4) is 0 Å². The van der Waals surface area contributed by atoms with E-state index in [-0.39, 0.29) is 51.0 Å². The van der Waals surface area contributed by atoms with E-state index in [0.29, 0.717) is 0 Å². The Balaban J connectivity index is 0. The van der Waals surface area contributed by atoms with Crippen LogP contribution < -0.4 is 0 Å². The van der Waals surface area contributed by atoms with E-state index in [0.717, 1.165) is 0 Å². The molecule has 0 nitrogen and oxygen atoms in total. The van der Waals surface area contributed by atoms with Gasteiger partial charge in [0.05, 0.1) is 0 Å². The molecule has 0 bridgehead atoms. The van der Waals surface area contributed by atoms with Crippen LogP contribution in [0.4, 0.5) is 14.1 Å². The van der Waals surface area contributed by atoms with Gasteiger partial charge in [0.1, 0.15) is 0 Å². The first-order valence-corrected chi connectivity index (χ1v) is 0. The van der Waals surface area contributed by atoms with Crippen LogP contribution in [0.15, 0.2) is 0 Å². The second-order valence-corrected chi connectivity index (χ2v) is 0. The maximum Gasteiger partial charge on any atom is 0 e. The van der Waals surface area contributed by atoms with Crippen molar-refractivity contribution in [2.24, 2.45) is 0 Å². The molecular formula is H3F3Tm.